The third-order valence-corrected chi connectivity index (χ3v) is 2.79. The third-order valence-electron chi connectivity index (χ3n) is 1.49. The maximum atomic E-state index is 3.48. The molecule has 0 aliphatic heterocycles. The van der Waals surface area contributed by atoms with Crippen LogP contribution in [0.4, 0.5) is 0 Å². The van der Waals surface area contributed by atoms with Gasteiger partial charge in [0.15, 0.2) is 0 Å². The second-order valence-electron chi connectivity index (χ2n) is 2.17. The average molecular weight is 294 g/mol. The SMILES string of the molecule is CC.Cc1cccc(Br)c1CBr. The Labute approximate surface area is 91.6 Å². The van der Waals surface area contributed by atoms with E-state index in [1.807, 2.05) is 19.9 Å². The highest BCUT2D eigenvalue weighted by Gasteiger charge is 1.98. The van der Waals surface area contributed by atoms with Crippen molar-refractivity contribution in [3.63, 3.8) is 0 Å². The minimum atomic E-state index is 0.917. The van der Waals surface area contributed by atoms with E-state index in [0.29, 0.717) is 0 Å². The molecule has 1 rings (SSSR count). The molecular formula is C10H14Br2. The number of rotatable bonds is 1. The minimum Gasteiger partial charge on any atom is -0.0876 e. The zero-order chi connectivity index (χ0) is 9.56. The van der Waals surface area contributed by atoms with Crippen LogP contribution in [-0.2, 0) is 5.33 Å². The summed E-state index contributed by atoms with van der Waals surface area (Å²) in [6.45, 7) is 6.11. The predicted octanol–water partition coefficient (Wildman–Crippen LogP) is 4.68. The average Bonchev–Trinajstić information content (AvgIpc) is 2.08. The zero-order valence-corrected chi connectivity index (χ0v) is 10.9. The summed E-state index contributed by atoms with van der Waals surface area (Å²) in [6, 6.07) is 6.22. The first-order valence-corrected chi connectivity index (χ1v) is 5.97. The second kappa shape index (κ2) is 6.67. The van der Waals surface area contributed by atoms with E-state index in [9.17, 15) is 0 Å². The molecule has 0 saturated heterocycles. The molecule has 1 aromatic carbocycles. The molecule has 0 nitrogen and oxygen atoms in total. The lowest BCUT2D eigenvalue weighted by Crippen LogP contribution is -1.84. The zero-order valence-electron chi connectivity index (χ0n) is 7.70. The molecule has 0 aromatic heterocycles. The van der Waals surface area contributed by atoms with E-state index >= 15 is 0 Å². The van der Waals surface area contributed by atoms with E-state index in [1.54, 1.807) is 0 Å². The molecule has 0 heterocycles. The maximum absolute atomic E-state index is 3.48. The normalized spacial score (nSPS) is 8.75. The van der Waals surface area contributed by atoms with Gasteiger partial charge in [0.25, 0.3) is 0 Å². The fourth-order valence-corrected chi connectivity index (χ4v) is 2.56. The van der Waals surface area contributed by atoms with Gasteiger partial charge >= 0.3 is 0 Å². The number of benzene rings is 1. The molecule has 0 N–H and O–H groups in total. The molecule has 1 aromatic rings. The number of hydrogen-bond acceptors (Lipinski definition) is 0. The van der Waals surface area contributed by atoms with Crippen molar-refractivity contribution in [2.75, 3.05) is 0 Å². The number of alkyl halides is 1. The van der Waals surface area contributed by atoms with Gasteiger partial charge < -0.3 is 0 Å². The van der Waals surface area contributed by atoms with Crippen LogP contribution in [0.5, 0.6) is 0 Å². The molecule has 0 saturated carbocycles. The molecule has 2 heteroatoms. The van der Waals surface area contributed by atoms with Crippen LogP contribution in [0.15, 0.2) is 22.7 Å². The van der Waals surface area contributed by atoms with Gasteiger partial charge in [-0.3, -0.25) is 0 Å². The smallest absolute Gasteiger partial charge is 0.0296 e. The molecule has 0 amide bonds. The first-order chi connectivity index (χ1) is 5.75. The molecule has 0 aliphatic carbocycles. The van der Waals surface area contributed by atoms with Gasteiger partial charge in [-0.05, 0) is 24.1 Å². The Kier molecular flexibility index (Phi) is 6.77. The highest BCUT2D eigenvalue weighted by Crippen LogP contribution is 2.21. The molecule has 0 atom stereocenters. The van der Waals surface area contributed by atoms with E-state index in [0.717, 1.165) is 5.33 Å². The lowest BCUT2D eigenvalue weighted by molar-refractivity contribution is 1.30. The minimum absolute atomic E-state index is 0.917. The van der Waals surface area contributed by atoms with Gasteiger partial charge in [-0.1, -0.05) is 57.8 Å². The fourth-order valence-electron chi connectivity index (χ4n) is 0.836. The van der Waals surface area contributed by atoms with Crippen molar-refractivity contribution >= 4 is 31.9 Å². The Hall–Kier alpha value is 0.180. The monoisotopic (exact) mass is 292 g/mol. The van der Waals surface area contributed by atoms with E-state index in [2.05, 4.69) is 50.9 Å². The summed E-state index contributed by atoms with van der Waals surface area (Å²) in [5.41, 5.74) is 2.66. The first kappa shape index (κ1) is 12.2. The van der Waals surface area contributed by atoms with Crippen LogP contribution in [0.25, 0.3) is 0 Å². The van der Waals surface area contributed by atoms with Gasteiger partial charge in [-0.25, -0.2) is 0 Å². The molecule has 0 radical (unpaired) electrons. The summed E-state index contributed by atoms with van der Waals surface area (Å²) in [5, 5.41) is 0.917. The van der Waals surface area contributed by atoms with Crippen molar-refractivity contribution in [1.82, 2.24) is 0 Å². The Morgan fingerprint density at radius 1 is 1.25 bits per heavy atom. The molecule has 0 unspecified atom stereocenters. The van der Waals surface area contributed by atoms with E-state index in [4.69, 9.17) is 0 Å². The summed E-state index contributed by atoms with van der Waals surface area (Å²) in [6.07, 6.45) is 0. The highest BCUT2D eigenvalue weighted by atomic mass is 79.9. The van der Waals surface area contributed by atoms with Crippen LogP contribution < -0.4 is 0 Å². The molecule has 12 heavy (non-hydrogen) atoms. The summed E-state index contributed by atoms with van der Waals surface area (Å²) in [4.78, 5) is 0. The molecule has 0 aliphatic rings. The number of hydrogen-bond donors (Lipinski definition) is 0. The second-order valence-corrected chi connectivity index (χ2v) is 3.58. The van der Waals surface area contributed by atoms with Crippen molar-refractivity contribution in [3.05, 3.63) is 33.8 Å². The molecule has 0 spiro atoms. The lowest BCUT2D eigenvalue weighted by Gasteiger charge is -2.02. The molecule has 0 fully saturated rings. The molecule has 0 bridgehead atoms. The van der Waals surface area contributed by atoms with Crippen LogP contribution in [0.3, 0.4) is 0 Å². The Balaban J connectivity index is 0.000000561. The van der Waals surface area contributed by atoms with Crippen LogP contribution in [0.2, 0.25) is 0 Å². The van der Waals surface area contributed by atoms with Crippen LogP contribution in [0, 0.1) is 6.92 Å². The van der Waals surface area contributed by atoms with Gasteiger partial charge in [-0.15, -0.1) is 0 Å². The summed E-state index contributed by atoms with van der Waals surface area (Å²) in [7, 11) is 0. The third kappa shape index (κ3) is 3.28. The first-order valence-electron chi connectivity index (χ1n) is 4.05. The molecular weight excluding hydrogens is 280 g/mol. The van der Waals surface area contributed by atoms with Crippen molar-refractivity contribution in [3.8, 4) is 0 Å². The van der Waals surface area contributed by atoms with Gasteiger partial charge in [0.05, 0.1) is 0 Å². The van der Waals surface area contributed by atoms with Crippen molar-refractivity contribution in [2.45, 2.75) is 26.1 Å². The summed E-state index contributed by atoms with van der Waals surface area (Å²) < 4.78 is 1.18. The van der Waals surface area contributed by atoms with Crippen LogP contribution in [0.1, 0.15) is 25.0 Å². The largest absolute Gasteiger partial charge is 0.0876 e. The van der Waals surface area contributed by atoms with Crippen molar-refractivity contribution in [2.24, 2.45) is 0 Å². The quantitative estimate of drug-likeness (QED) is 0.660. The molecule has 68 valence electrons. The van der Waals surface area contributed by atoms with Crippen molar-refractivity contribution in [1.29, 1.82) is 0 Å². The number of aryl methyl sites for hydroxylation is 1. The Bertz CT molecular complexity index is 211. The summed E-state index contributed by atoms with van der Waals surface area (Å²) >= 11 is 6.91. The Morgan fingerprint density at radius 3 is 2.17 bits per heavy atom. The maximum Gasteiger partial charge on any atom is 0.0296 e. The van der Waals surface area contributed by atoms with Gasteiger partial charge in [0, 0.05) is 9.80 Å². The van der Waals surface area contributed by atoms with Crippen LogP contribution in [-0.4, -0.2) is 0 Å². The topological polar surface area (TPSA) is 0 Å². The Morgan fingerprint density at radius 2 is 1.83 bits per heavy atom. The standard InChI is InChI=1S/C8H8Br2.C2H6/c1-6-3-2-4-8(10)7(6)5-9;1-2/h2-4H,5H2,1H3;1-2H3. The van der Waals surface area contributed by atoms with E-state index in [1.165, 1.54) is 15.6 Å². The summed E-state index contributed by atoms with van der Waals surface area (Å²) in [5.74, 6) is 0. The number of halogens is 2. The van der Waals surface area contributed by atoms with E-state index in [-0.39, 0.29) is 0 Å². The fraction of sp³-hybridized carbons (Fsp3) is 0.400. The van der Waals surface area contributed by atoms with Crippen molar-refractivity contribution < 1.29 is 0 Å². The van der Waals surface area contributed by atoms with E-state index < -0.39 is 0 Å². The van der Waals surface area contributed by atoms with Gasteiger partial charge in [0.2, 0.25) is 0 Å². The highest BCUT2D eigenvalue weighted by molar-refractivity contribution is 9.10. The van der Waals surface area contributed by atoms with Gasteiger partial charge in [-0.2, -0.15) is 0 Å². The van der Waals surface area contributed by atoms with Crippen LogP contribution >= 0.6 is 31.9 Å². The predicted molar refractivity (Wildman–Crippen MR) is 62.9 cm³/mol. The van der Waals surface area contributed by atoms with Gasteiger partial charge in [0.1, 0.15) is 0 Å². The lowest BCUT2D eigenvalue weighted by atomic mass is 10.1.